The minimum atomic E-state index is -0.0418. The first-order valence-corrected chi connectivity index (χ1v) is 8.19. The van der Waals surface area contributed by atoms with Gasteiger partial charge in [-0.25, -0.2) is 0 Å². The van der Waals surface area contributed by atoms with E-state index in [0.29, 0.717) is 12.0 Å². The first kappa shape index (κ1) is 18.2. The zero-order chi connectivity index (χ0) is 15.9. The molecule has 120 valence electrons. The summed E-state index contributed by atoms with van der Waals surface area (Å²) in [5.41, 5.74) is 2.71. The molecule has 0 radical (unpaired) electrons. The highest BCUT2D eigenvalue weighted by Crippen LogP contribution is 2.15. The van der Waals surface area contributed by atoms with Crippen molar-refractivity contribution in [3.63, 3.8) is 0 Å². The second kappa shape index (κ2) is 8.55. The van der Waals surface area contributed by atoms with Crippen LogP contribution in [0.1, 0.15) is 52.2 Å². The van der Waals surface area contributed by atoms with Crippen molar-refractivity contribution in [2.75, 3.05) is 13.2 Å². The molecule has 2 heteroatoms. The Hall–Kier alpha value is -0.860. The van der Waals surface area contributed by atoms with Gasteiger partial charge in [0.1, 0.15) is 0 Å². The molecule has 1 aromatic rings. The van der Waals surface area contributed by atoms with Crippen LogP contribution in [0.4, 0.5) is 0 Å². The molecule has 0 heterocycles. The fraction of sp³-hybridized carbons (Fsp3) is 0.684. The third-order valence-corrected chi connectivity index (χ3v) is 3.52. The van der Waals surface area contributed by atoms with Crippen LogP contribution in [0.15, 0.2) is 24.3 Å². The molecular weight excluding hydrogens is 258 g/mol. The zero-order valence-electron chi connectivity index (χ0n) is 14.7. The molecule has 0 aliphatic rings. The molecule has 0 bridgehead atoms. The van der Waals surface area contributed by atoms with Gasteiger partial charge < -0.3 is 10.1 Å². The lowest BCUT2D eigenvalue weighted by molar-refractivity contribution is -0.00927. The van der Waals surface area contributed by atoms with Gasteiger partial charge in [0, 0.05) is 12.6 Å². The Morgan fingerprint density at radius 1 is 1.10 bits per heavy atom. The van der Waals surface area contributed by atoms with Gasteiger partial charge in [0.15, 0.2) is 0 Å². The number of hydrogen-bond donors (Lipinski definition) is 1. The van der Waals surface area contributed by atoms with Crippen molar-refractivity contribution in [3.05, 3.63) is 35.4 Å². The van der Waals surface area contributed by atoms with Crippen molar-refractivity contribution in [2.45, 2.75) is 66.0 Å². The highest BCUT2D eigenvalue weighted by Gasteiger charge is 2.14. The van der Waals surface area contributed by atoms with Crippen molar-refractivity contribution < 1.29 is 4.74 Å². The lowest BCUT2D eigenvalue weighted by atomic mass is 9.95. The van der Waals surface area contributed by atoms with E-state index in [4.69, 9.17) is 4.74 Å². The molecule has 0 aliphatic carbocycles. The third kappa shape index (κ3) is 8.90. The van der Waals surface area contributed by atoms with E-state index in [0.717, 1.165) is 26.0 Å². The Morgan fingerprint density at radius 3 is 2.24 bits per heavy atom. The van der Waals surface area contributed by atoms with Gasteiger partial charge in [-0.15, -0.1) is 0 Å². The van der Waals surface area contributed by atoms with Crippen LogP contribution in [-0.2, 0) is 11.2 Å². The first-order valence-electron chi connectivity index (χ1n) is 8.19. The van der Waals surface area contributed by atoms with E-state index >= 15 is 0 Å². The predicted molar refractivity (Wildman–Crippen MR) is 91.8 cm³/mol. The smallest absolute Gasteiger partial charge is 0.0598 e. The summed E-state index contributed by atoms with van der Waals surface area (Å²) in [6, 6.07) is 9.45. The highest BCUT2D eigenvalue weighted by molar-refractivity contribution is 5.21. The molecule has 21 heavy (non-hydrogen) atoms. The number of aryl methyl sites for hydroxylation is 1. The van der Waals surface area contributed by atoms with Crippen molar-refractivity contribution in [1.82, 2.24) is 5.32 Å². The van der Waals surface area contributed by atoms with E-state index in [2.05, 4.69) is 71.1 Å². The molecule has 0 fully saturated rings. The van der Waals surface area contributed by atoms with Gasteiger partial charge in [-0.3, -0.25) is 0 Å². The fourth-order valence-electron chi connectivity index (χ4n) is 2.27. The quantitative estimate of drug-likeness (QED) is 0.768. The molecule has 2 nitrogen and oxygen atoms in total. The Bertz CT molecular complexity index is 389. The normalized spacial score (nSPS) is 13.7. The number of rotatable bonds is 8. The largest absolute Gasteiger partial charge is 0.376 e. The molecule has 1 N–H and O–H groups in total. The summed E-state index contributed by atoms with van der Waals surface area (Å²) >= 11 is 0. The van der Waals surface area contributed by atoms with E-state index in [1.54, 1.807) is 0 Å². The Labute approximate surface area is 131 Å². The lowest BCUT2D eigenvalue weighted by Gasteiger charge is -2.23. The maximum Gasteiger partial charge on any atom is 0.0598 e. The van der Waals surface area contributed by atoms with Gasteiger partial charge in [0.2, 0.25) is 0 Å². The molecule has 1 rings (SSSR count). The summed E-state index contributed by atoms with van der Waals surface area (Å²) in [5, 5.41) is 3.57. The second-order valence-corrected chi connectivity index (χ2v) is 7.37. The van der Waals surface area contributed by atoms with Crippen LogP contribution in [0.5, 0.6) is 0 Å². The second-order valence-electron chi connectivity index (χ2n) is 7.37. The number of nitrogens with one attached hydrogen (secondary N) is 1. The molecular formula is C19H33NO. The molecule has 0 aliphatic heterocycles. The standard InChI is InChI=1S/C19H33NO/c1-15(2)20-14-18(11-12-21-19(4,5)6)13-17-9-7-16(3)8-10-17/h7-10,15,18,20H,11-14H2,1-6H3. The van der Waals surface area contributed by atoms with Crippen LogP contribution in [0, 0.1) is 12.8 Å². The van der Waals surface area contributed by atoms with Gasteiger partial charge in [-0.05, 0) is 58.6 Å². The summed E-state index contributed by atoms with van der Waals surface area (Å²) in [6.07, 6.45) is 2.22. The van der Waals surface area contributed by atoms with Gasteiger partial charge in [-0.2, -0.15) is 0 Å². The van der Waals surface area contributed by atoms with Crippen molar-refractivity contribution >= 4 is 0 Å². The molecule has 1 aromatic carbocycles. The molecule has 0 saturated carbocycles. The molecule has 0 spiro atoms. The zero-order valence-corrected chi connectivity index (χ0v) is 14.7. The van der Waals surface area contributed by atoms with Crippen LogP contribution in [-0.4, -0.2) is 24.8 Å². The van der Waals surface area contributed by atoms with Crippen LogP contribution in [0.25, 0.3) is 0 Å². The SMILES string of the molecule is Cc1ccc(CC(CCOC(C)(C)C)CNC(C)C)cc1. The summed E-state index contributed by atoms with van der Waals surface area (Å²) in [4.78, 5) is 0. The minimum Gasteiger partial charge on any atom is -0.376 e. The van der Waals surface area contributed by atoms with Crippen LogP contribution >= 0.6 is 0 Å². The third-order valence-electron chi connectivity index (χ3n) is 3.52. The lowest BCUT2D eigenvalue weighted by Crippen LogP contribution is -2.31. The molecule has 1 unspecified atom stereocenters. The summed E-state index contributed by atoms with van der Waals surface area (Å²) in [5.74, 6) is 0.623. The maximum absolute atomic E-state index is 5.90. The Balaban J connectivity index is 2.52. The predicted octanol–water partition coefficient (Wildman–Crippen LogP) is 4.36. The van der Waals surface area contributed by atoms with Crippen molar-refractivity contribution in [2.24, 2.45) is 5.92 Å². The van der Waals surface area contributed by atoms with E-state index in [1.165, 1.54) is 11.1 Å². The topological polar surface area (TPSA) is 21.3 Å². The minimum absolute atomic E-state index is 0.0418. The summed E-state index contributed by atoms with van der Waals surface area (Å²) < 4.78 is 5.90. The molecule has 1 atom stereocenters. The average molecular weight is 291 g/mol. The first-order chi connectivity index (χ1) is 9.76. The molecule has 0 saturated heterocycles. The van der Waals surface area contributed by atoms with Gasteiger partial charge in [-0.1, -0.05) is 43.7 Å². The van der Waals surface area contributed by atoms with Crippen LogP contribution < -0.4 is 5.32 Å². The molecule has 0 aromatic heterocycles. The summed E-state index contributed by atoms with van der Waals surface area (Å²) in [7, 11) is 0. The van der Waals surface area contributed by atoms with Crippen molar-refractivity contribution in [3.8, 4) is 0 Å². The molecule has 0 amide bonds. The van der Waals surface area contributed by atoms with Crippen molar-refractivity contribution in [1.29, 1.82) is 0 Å². The Kier molecular flexibility index (Phi) is 7.41. The fourth-order valence-corrected chi connectivity index (χ4v) is 2.27. The van der Waals surface area contributed by atoms with Gasteiger partial charge in [0.25, 0.3) is 0 Å². The maximum atomic E-state index is 5.90. The monoisotopic (exact) mass is 291 g/mol. The van der Waals surface area contributed by atoms with Gasteiger partial charge >= 0.3 is 0 Å². The van der Waals surface area contributed by atoms with Crippen LogP contribution in [0.3, 0.4) is 0 Å². The van der Waals surface area contributed by atoms with E-state index in [-0.39, 0.29) is 5.60 Å². The number of ether oxygens (including phenoxy) is 1. The summed E-state index contributed by atoms with van der Waals surface area (Å²) in [6.45, 7) is 14.8. The average Bonchev–Trinajstić information content (AvgIpc) is 2.36. The Morgan fingerprint density at radius 2 is 1.71 bits per heavy atom. The highest BCUT2D eigenvalue weighted by atomic mass is 16.5. The van der Waals surface area contributed by atoms with Crippen LogP contribution in [0.2, 0.25) is 0 Å². The van der Waals surface area contributed by atoms with E-state index < -0.39 is 0 Å². The van der Waals surface area contributed by atoms with E-state index in [9.17, 15) is 0 Å². The van der Waals surface area contributed by atoms with Gasteiger partial charge in [0.05, 0.1) is 5.60 Å². The van der Waals surface area contributed by atoms with E-state index in [1.807, 2.05) is 0 Å². The number of benzene rings is 1. The number of hydrogen-bond acceptors (Lipinski definition) is 2.